The monoisotopic (exact) mass is 224 g/mol. The van der Waals surface area contributed by atoms with Crippen molar-refractivity contribution in [3.8, 4) is 0 Å². The van der Waals surface area contributed by atoms with E-state index in [-0.39, 0.29) is 0 Å². The summed E-state index contributed by atoms with van der Waals surface area (Å²) in [6.07, 6.45) is 8.28. The zero-order valence-corrected chi connectivity index (χ0v) is 11.0. The lowest BCUT2D eigenvalue weighted by atomic mass is 9.79. The Morgan fingerprint density at radius 1 is 1.19 bits per heavy atom. The molecule has 3 unspecified atom stereocenters. The Morgan fingerprint density at radius 3 is 2.25 bits per heavy atom. The summed E-state index contributed by atoms with van der Waals surface area (Å²) < 4.78 is 0. The first-order valence-corrected chi connectivity index (χ1v) is 7.22. The molecule has 0 aromatic rings. The van der Waals surface area contributed by atoms with E-state index in [1.807, 2.05) is 0 Å². The second-order valence-electron chi connectivity index (χ2n) is 5.87. The fourth-order valence-corrected chi connectivity index (χ4v) is 4.28. The van der Waals surface area contributed by atoms with Gasteiger partial charge in [-0.3, -0.25) is 4.90 Å². The second-order valence-corrected chi connectivity index (χ2v) is 5.87. The molecule has 0 saturated heterocycles. The van der Waals surface area contributed by atoms with Crippen LogP contribution in [0, 0.1) is 11.8 Å². The minimum atomic E-state index is 0.384. The van der Waals surface area contributed by atoms with E-state index in [1.54, 1.807) is 0 Å². The van der Waals surface area contributed by atoms with Gasteiger partial charge < -0.3 is 5.73 Å². The maximum absolute atomic E-state index is 6.18. The number of fused-ring (bicyclic) bond motifs is 2. The van der Waals surface area contributed by atoms with Gasteiger partial charge in [0.15, 0.2) is 0 Å². The molecule has 2 aliphatic carbocycles. The van der Waals surface area contributed by atoms with Gasteiger partial charge in [-0.15, -0.1) is 0 Å². The van der Waals surface area contributed by atoms with Crippen LogP contribution in [0.5, 0.6) is 0 Å². The number of nitrogens with two attached hydrogens (primary N) is 1. The molecule has 94 valence electrons. The maximum Gasteiger partial charge on any atom is 0.0362 e. The molecule has 0 aliphatic heterocycles. The molecule has 2 saturated carbocycles. The van der Waals surface area contributed by atoms with Crippen molar-refractivity contribution in [1.29, 1.82) is 0 Å². The number of nitrogens with zero attached hydrogens (tertiary/aromatic N) is 1. The van der Waals surface area contributed by atoms with Crippen molar-refractivity contribution < 1.29 is 0 Å². The molecule has 16 heavy (non-hydrogen) atoms. The van der Waals surface area contributed by atoms with Crippen LogP contribution in [0.3, 0.4) is 0 Å². The Labute approximate surface area is 101 Å². The van der Waals surface area contributed by atoms with Crippen LogP contribution in [0.25, 0.3) is 0 Å². The van der Waals surface area contributed by atoms with E-state index in [4.69, 9.17) is 5.73 Å². The highest BCUT2D eigenvalue weighted by Gasteiger charge is 2.52. The third kappa shape index (κ3) is 1.91. The molecule has 2 bridgehead atoms. The molecular weight excluding hydrogens is 196 g/mol. The lowest BCUT2D eigenvalue weighted by molar-refractivity contribution is 0.0413. The average Bonchev–Trinajstić information content (AvgIpc) is 2.89. The first kappa shape index (κ1) is 12.4. The molecule has 2 fully saturated rings. The molecule has 0 heterocycles. The van der Waals surface area contributed by atoms with Crippen LogP contribution in [0.4, 0.5) is 0 Å². The van der Waals surface area contributed by atoms with Gasteiger partial charge in [-0.1, -0.05) is 20.3 Å². The van der Waals surface area contributed by atoms with E-state index >= 15 is 0 Å². The zero-order valence-electron chi connectivity index (χ0n) is 11.0. The topological polar surface area (TPSA) is 29.3 Å². The number of rotatable bonds is 6. The molecule has 0 radical (unpaired) electrons. The smallest absolute Gasteiger partial charge is 0.0362 e. The quantitative estimate of drug-likeness (QED) is 0.751. The van der Waals surface area contributed by atoms with E-state index in [0.29, 0.717) is 5.54 Å². The molecule has 2 rings (SSSR count). The molecule has 0 amide bonds. The normalized spacial score (nSPS) is 37.5. The van der Waals surface area contributed by atoms with Gasteiger partial charge in [0, 0.05) is 12.1 Å². The summed E-state index contributed by atoms with van der Waals surface area (Å²) in [5, 5.41) is 0. The van der Waals surface area contributed by atoms with E-state index < -0.39 is 0 Å². The minimum Gasteiger partial charge on any atom is -0.329 e. The van der Waals surface area contributed by atoms with Crippen LogP contribution < -0.4 is 5.73 Å². The van der Waals surface area contributed by atoms with Crippen molar-refractivity contribution in [2.45, 2.75) is 57.9 Å². The van der Waals surface area contributed by atoms with Crippen molar-refractivity contribution in [2.24, 2.45) is 17.6 Å². The van der Waals surface area contributed by atoms with E-state index in [9.17, 15) is 0 Å². The Bertz CT molecular complexity index is 223. The van der Waals surface area contributed by atoms with E-state index in [2.05, 4.69) is 18.7 Å². The summed E-state index contributed by atoms with van der Waals surface area (Å²) in [4.78, 5) is 2.73. The lowest BCUT2D eigenvalue weighted by Gasteiger charge is -2.46. The Morgan fingerprint density at radius 2 is 1.88 bits per heavy atom. The van der Waals surface area contributed by atoms with Gasteiger partial charge >= 0.3 is 0 Å². The first-order valence-electron chi connectivity index (χ1n) is 7.22. The maximum atomic E-state index is 6.18. The minimum absolute atomic E-state index is 0.384. The van der Waals surface area contributed by atoms with Crippen molar-refractivity contribution in [1.82, 2.24) is 4.90 Å². The fraction of sp³-hybridized carbons (Fsp3) is 1.00. The largest absolute Gasteiger partial charge is 0.329 e. The Kier molecular flexibility index (Phi) is 3.91. The molecule has 0 aromatic heterocycles. The highest BCUT2D eigenvalue weighted by Crippen LogP contribution is 2.53. The van der Waals surface area contributed by atoms with Gasteiger partial charge in [-0.25, -0.2) is 0 Å². The van der Waals surface area contributed by atoms with Crippen LogP contribution in [0.15, 0.2) is 0 Å². The van der Waals surface area contributed by atoms with Gasteiger partial charge in [-0.2, -0.15) is 0 Å². The van der Waals surface area contributed by atoms with Gasteiger partial charge in [-0.05, 0) is 57.0 Å². The van der Waals surface area contributed by atoms with Gasteiger partial charge in [0.1, 0.15) is 0 Å². The third-order valence-corrected chi connectivity index (χ3v) is 4.91. The summed E-state index contributed by atoms with van der Waals surface area (Å²) in [6, 6.07) is 0. The predicted molar refractivity (Wildman–Crippen MR) is 69.4 cm³/mol. The summed E-state index contributed by atoms with van der Waals surface area (Å²) in [7, 11) is 0. The number of hydrogen-bond acceptors (Lipinski definition) is 2. The van der Waals surface area contributed by atoms with Crippen molar-refractivity contribution in [3.63, 3.8) is 0 Å². The van der Waals surface area contributed by atoms with E-state index in [1.165, 1.54) is 51.6 Å². The highest BCUT2D eigenvalue weighted by atomic mass is 15.2. The Hall–Kier alpha value is -0.0800. The summed E-state index contributed by atoms with van der Waals surface area (Å²) >= 11 is 0. The summed E-state index contributed by atoms with van der Waals surface area (Å²) in [5.41, 5.74) is 6.56. The molecule has 2 nitrogen and oxygen atoms in total. The van der Waals surface area contributed by atoms with E-state index in [0.717, 1.165) is 18.4 Å². The Balaban J connectivity index is 2.12. The van der Waals surface area contributed by atoms with Crippen molar-refractivity contribution in [2.75, 3.05) is 19.6 Å². The summed E-state index contributed by atoms with van der Waals surface area (Å²) in [5.74, 6) is 1.89. The summed E-state index contributed by atoms with van der Waals surface area (Å²) in [6.45, 7) is 7.96. The molecule has 2 aliphatic rings. The van der Waals surface area contributed by atoms with Crippen LogP contribution in [0.1, 0.15) is 52.4 Å². The highest BCUT2D eigenvalue weighted by molar-refractivity contribution is 5.08. The fourth-order valence-electron chi connectivity index (χ4n) is 4.28. The third-order valence-electron chi connectivity index (χ3n) is 4.91. The van der Waals surface area contributed by atoms with Crippen LogP contribution >= 0.6 is 0 Å². The molecule has 3 atom stereocenters. The van der Waals surface area contributed by atoms with Crippen molar-refractivity contribution in [3.05, 3.63) is 0 Å². The molecule has 2 heteroatoms. The molecule has 2 N–H and O–H groups in total. The lowest BCUT2D eigenvalue weighted by Crippen LogP contribution is -2.57. The van der Waals surface area contributed by atoms with Crippen LogP contribution in [-0.4, -0.2) is 30.1 Å². The standard InChI is InChI=1S/C14H28N2/c1-3-7-16(8-4-2)14(11-15)10-12-5-6-13(14)9-12/h12-13H,3-11,15H2,1-2H3. The second kappa shape index (κ2) is 5.05. The first-order chi connectivity index (χ1) is 7.76. The van der Waals surface area contributed by atoms with Gasteiger partial charge in [0.25, 0.3) is 0 Å². The predicted octanol–water partition coefficient (Wildman–Crippen LogP) is 2.63. The van der Waals surface area contributed by atoms with Crippen molar-refractivity contribution >= 4 is 0 Å². The molecular formula is C14H28N2. The average molecular weight is 224 g/mol. The van der Waals surface area contributed by atoms with Crippen LogP contribution in [-0.2, 0) is 0 Å². The van der Waals surface area contributed by atoms with Gasteiger partial charge in [0.05, 0.1) is 0 Å². The molecule has 0 spiro atoms. The SMILES string of the molecule is CCCN(CCC)C1(CN)CC2CCC1C2. The molecule has 0 aromatic carbocycles. The van der Waals surface area contributed by atoms with Gasteiger partial charge in [0.2, 0.25) is 0 Å². The van der Waals surface area contributed by atoms with Crippen LogP contribution in [0.2, 0.25) is 0 Å². The zero-order chi connectivity index (χ0) is 11.6. The number of hydrogen-bond donors (Lipinski definition) is 1.